The van der Waals surface area contributed by atoms with E-state index in [1.807, 2.05) is 0 Å². The molecule has 1 unspecified atom stereocenters. The molecule has 19 heavy (non-hydrogen) atoms. The lowest BCUT2D eigenvalue weighted by Gasteiger charge is -2.32. The number of amides is 1. The standard InChI is InChI=1S/C15H31N3O/c1-4-5-8-16-15(19)12-18-9-6-7-14(11-18)10-17-13(2)3/h13-14,17H,4-12H2,1-3H3,(H,16,19). The van der Waals surface area contributed by atoms with Crippen molar-refractivity contribution in [3.63, 3.8) is 0 Å². The van der Waals surface area contributed by atoms with Gasteiger partial charge in [0.25, 0.3) is 0 Å². The molecule has 1 fully saturated rings. The van der Waals surface area contributed by atoms with Crippen LogP contribution in [0, 0.1) is 5.92 Å². The van der Waals surface area contributed by atoms with Crippen LogP contribution in [0.15, 0.2) is 0 Å². The quantitative estimate of drug-likeness (QED) is 0.658. The molecule has 1 saturated heterocycles. The highest BCUT2D eigenvalue weighted by Crippen LogP contribution is 2.15. The number of nitrogens with one attached hydrogen (secondary N) is 2. The molecule has 2 N–H and O–H groups in total. The molecule has 1 heterocycles. The van der Waals surface area contributed by atoms with Crippen molar-refractivity contribution < 1.29 is 4.79 Å². The minimum absolute atomic E-state index is 0.186. The largest absolute Gasteiger partial charge is 0.355 e. The summed E-state index contributed by atoms with van der Waals surface area (Å²) < 4.78 is 0. The maximum Gasteiger partial charge on any atom is 0.234 e. The van der Waals surface area contributed by atoms with Crippen LogP contribution in [0.1, 0.15) is 46.5 Å². The molecule has 0 aromatic carbocycles. The zero-order valence-corrected chi connectivity index (χ0v) is 12.9. The third-order valence-electron chi connectivity index (χ3n) is 3.64. The van der Waals surface area contributed by atoms with Gasteiger partial charge in [-0.15, -0.1) is 0 Å². The van der Waals surface area contributed by atoms with Gasteiger partial charge in [0.05, 0.1) is 6.54 Å². The van der Waals surface area contributed by atoms with Crippen LogP contribution in [0.25, 0.3) is 0 Å². The number of nitrogens with zero attached hydrogens (tertiary/aromatic N) is 1. The number of hydrogen-bond donors (Lipinski definition) is 2. The van der Waals surface area contributed by atoms with Gasteiger partial charge in [-0.25, -0.2) is 0 Å². The summed E-state index contributed by atoms with van der Waals surface area (Å²) in [6.07, 6.45) is 4.71. The first-order valence-electron chi connectivity index (χ1n) is 7.84. The molecule has 0 spiro atoms. The minimum atomic E-state index is 0.186. The fraction of sp³-hybridized carbons (Fsp3) is 0.933. The number of unbranched alkanes of at least 4 members (excludes halogenated alkanes) is 1. The Bertz CT molecular complexity index is 256. The molecule has 0 bridgehead atoms. The van der Waals surface area contributed by atoms with Gasteiger partial charge in [-0.2, -0.15) is 0 Å². The molecule has 1 aliphatic rings. The summed E-state index contributed by atoms with van der Waals surface area (Å²) in [7, 11) is 0. The molecule has 0 aromatic heterocycles. The number of hydrogen-bond acceptors (Lipinski definition) is 3. The second kappa shape index (κ2) is 9.32. The third-order valence-corrected chi connectivity index (χ3v) is 3.64. The zero-order chi connectivity index (χ0) is 14.1. The van der Waals surface area contributed by atoms with Crippen molar-refractivity contribution in [3.8, 4) is 0 Å². The van der Waals surface area contributed by atoms with Crippen LogP contribution in [0.5, 0.6) is 0 Å². The number of rotatable bonds is 8. The molecule has 4 heteroatoms. The molecule has 0 radical (unpaired) electrons. The van der Waals surface area contributed by atoms with Crippen LogP contribution in [-0.4, -0.2) is 49.6 Å². The van der Waals surface area contributed by atoms with Gasteiger partial charge in [0.15, 0.2) is 0 Å². The van der Waals surface area contributed by atoms with E-state index in [2.05, 4.69) is 36.3 Å². The van der Waals surface area contributed by atoms with Gasteiger partial charge >= 0.3 is 0 Å². The van der Waals surface area contributed by atoms with Crippen LogP contribution < -0.4 is 10.6 Å². The van der Waals surface area contributed by atoms with E-state index in [1.165, 1.54) is 12.8 Å². The van der Waals surface area contributed by atoms with Crippen LogP contribution in [-0.2, 0) is 4.79 Å². The van der Waals surface area contributed by atoms with E-state index < -0.39 is 0 Å². The van der Waals surface area contributed by atoms with E-state index in [4.69, 9.17) is 0 Å². The molecule has 0 aliphatic carbocycles. The van der Waals surface area contributed by atoms with E-state index in [0.29, 0.717) is 18.5 Å². The Kier molecular flexibility index (Phi) is 8.07. The fourth-order valence-electron chi connectivity index (χ4n) is 2.53. The smallest absolute Gasteiger partial charge is 0.234 e. The van der Waals surface area contributed by atoms with Crippen molar-refractivity contribution >= 4 is 5.91 Å². The summed E-state index contributed by atoms with van der Waals surface area (Å²) in [5.74, 6) is 0.880. The highest BCUT2D eigenvalue weighted by molar-refractivity contribution is 5.77. The number of likely N-dealkylation sites (tertiary alicyclic amines) is 1. The molecule has 0 saturated carbocycles. The van der Waals surface area contributed by atoms with Crippen LogP contribution in [0.4, 0.5) is 0 Å². The van der Waals surface area contributed by atoms with Crippen molar-refractivity contribution in [3.05, 3.63) is 0 Å². The summed E-state index contributed by atoms with van der Waals surface area (Å²) in [6, 6.07) is 0.549. The highest BCUT2D eigenvalue weighted by Gasteiger charge is 2.21. The van der Waals surface area contributed by atoms with Crippen molar-refractivity contribution in [2.75, 3.05) is 32.7 Å². The summed E-state index contributed by atoms with van der Waals surface area (Å²) in [4.78, 5) is 14.1. The lowest BCUT2D eigenvalue weighted by Crippen LogP contribution is -2.45. The monoisotopic (exact) mass is 269 g/mol. The van der Waals surface area contributed by atoms with Crippen LogP contribution in [0.2, 0.25) is 0 Å². The first kappa shape index (κ1) is 16.4. The molecular formula is C15H31N3O. The summed E-state index contributed by atoms with van der Waals surface area (Å²) >= 11 is 0. The second-order valence-electron chi connectivity index (χ2n) is 6.01. The van der Waals surface area contributed by atoms with Gasteiger partial charge in [0.2, 0.25) is 5.91 Å². The van der Waals surface area contributed by atoms with E-state index in [0.717, 1.165) is 39.0 Å². The molecule has 1 aliphatic heterocycles. The molecule has 0 aromatic rings. The van der Waals surface area contributed by atoms with Gasteiger partial charge in [-0.05, 0) is 38.3 Å². The highest BCUT2D eigenvalue weighted by atomic mass is 16.2. The van der Waals surface area contributed by atoms with E-state index in [1.54, 1.807) is 0 Å². The Balaban J connectivity index is 2.20. The minimum Gasteiger partial charge on any atom is -0.355 e. The summed E-state index contributed by atoms with van der Waals surface area (Å²) in [5.41, 5.74) is 0. The maximum atomic E-state index is 11.8. The van der Waals surface area contributed by atoms with Crippen LogP contribution >= 0.6 is 0 Å². The predicted octanol–water partition coefficient (Wildman–Crippen LogP) is 1.61. The van der Waals surface area contributed by atoms with Gasteiger partial charge < -0.3 is 10.6 Å². The summed E-state index contributed by atoms with van der Waals surface area (Å²) in [5, 5.41) is 6.50. The van der Waals surface area contributed by atoms with Crippen molar-refractivity contribution in [2.24, 2.45) is 5.92 Å². The predicted molar refractivity (Wildman–Crippen MR) is 80.2 cm³/mol. The Morgan fingerprint density at radius 1 is 1.42 bits per heavy atom. The fourth-order valence-corrected chi connectivity index (χ4v) is 2.53. The van der Waals surface area contributed by atoms with E-state index in [-0.39, 0.29) is 5.91 Å². The third kappa shape index (κ3) is 7.53. The normalized spacial score (nSPS) is 20.7. The number of carbonyl (C=O) groups is 1. The average Bonchev–Trinajstić information content (AvgIpc) is 2.37. The Labute approximate surface area is 118 Å². The van der Waals surface area contributed by atoms with E-state index >= 15 is 0 Å². The summed E-state index contributed by atoms with van der Waals surface area (Å²) in [6.45, 7) is 11.1. The molecule has 4 nitrogen and oxygen atoms in total. The Hall–Kier alpha value is -0.610. The molecule has 1 rings (SSSR count). The Morgan fingerprint density at radius 2 is 2.21 bits per heavy atom. The lowest BCUT2D eigenvalue weighted by atomic mass is 9.97. The van der Waals surface area contributed by atoms with Crippen LogP contribution in [0.3, 0.4) is 0 Å². The van der Waals surface area contributed by atoms with Gasteiger partial charge in [0, 0.05) is 19.1 Å². The SMILES string of the molecule is CCCCNC(=O)CN1CCCC(CNC(C)C)C1. The molecular weight excluding hydrogens is 238 g/mol. The molecule has 112 valence electrons. The van der Waals surface area contributed by atoms with Gasteiger partial charge in [-0.1, -0.05) is 27.2 Å². The van der Waals surface area contributed by atoms with Gasteiger partial charge in [0.1, 0.15) is 0 Å². The topological polar surface area (TPSA) is 44.4 Å². The number of carbonyl (C=O) groups excluding carboxylic acids is 1. The first-order valence-corrected chi connectivity index (χ1v) is 7.84. The molecule has 1 atom stereocenters. The van der Waals surface area contributed by atoms with Crippen molar-refractivity contribution in [2.45, 2.75) is 52.5 Å². The average molecular weight is 269 g/mol. The molecule has 1 amide bonds. The number of piperidine rings is 1. The van der Waals surface area contributed by atoms with Crippen molar-refractivity contribution in [1.29, 1.82) is 0 Å². The maximum absolute atomic E-state index is 11.8. The zero-order valence-electron chi connectivity index (χ0n) is 12.9. The Morgan fingerprint density at radius 3 is 2.89 bits per heavy atom. The van der Waals surface area contributed by atoms with E-state index in [9.17, 15) is 4.79 Å². The lowest BCUT2D eigenvalue weighted by molar-refractivity contribution is -0.122. The second-order valence-corrected chi connectivity index (χ2v) is 6.01. The van der Waals surface area contributed by atoms with Gasteiger partial charge in [-0.3, -0.25) is 9.69 Å². The first-order chi connectivity index (χ1) is 9.11. The van der Waals surface area contributed by atoms with Crippen molar-refractivity contribution in [1.82, 2.24) is 15.5 Å².